The number of aromatic nitrogens is 4. The summed E-state index contributed by atoms with van der Waals surface area (Å²) in [5.74, 6) is -0.635. The van der Waals surface area contributed by atoms with Gasteiger partial charge in [-0.2, -0.15) is 23.4 Å². The average Bonchev–Trinajstić information content (AvgIpc) is 3.26. The zero-order valence-corrected chi connectivity index (χ0v) is 17.7. The first-order chi connectivity index (χ1) is 14.1. The molecule has 0 bridgehead atoms. The number of nitrogens with one attached hydrogen (secondary N) is 1. The Bertz CT molecular complexity index is 976. The number of carbonyl (C=O) groups is 1. The molecule has 3 rings (SSSR count). The van der Waals surface area contributed by atoms with E-state index < -0.39 is 23.8 Å². The molecule has 3 aromatic rings. The van der Waals surface area contributed by atoms with Crippen LogP contribution in [0.1, 0.15) is 59.9 Å². The van der Waals surface area contributed by atoms with Gasteiger partial charge >= 0.3 is 6.18 Å². The quantitative estimate of drug-likeness (QED) is 0.669. The number of benzene rings is 1. The van der Waals surface area contributed by atoms with Crippen LogP contribution in [0.5, 0.6) is 0 Å². The molecule has 30 heavy (non-hydrogen) atoms. The summed E-state index contributed by atoms with van der Waals surface area (Å²) in [4.78, 5) is 12.4. The Kier molecular flexibility index (Phi) is 7.42. The van der Waals surface area contributed by atoms with E-state index in [1.54, 1.807) is 18.7 Å². The highest BCUT2D eigenvalue weighted by Crippen LogP contribution is 2.28. The third-order valence-corrected chi connectivity index (χ3v) is 4.39. The summed E-state index contributed by atoms with van der Waals surface area (Å²) in [5, 5.41) is 10.5. The normalized spacial score (nSPS) is 12.1. The zero-order chi connectivity index (χ0) is 22.5. The highest BCUT2D eigenvalue weighted by atomic mass is 19.4. The van der Waals surface area contributed by atoms with E-state index in [9.17, 15) is 18.0 Å². The van der Waals surface area contributed by atoms with Crippen molar-refractivity contribution in [3.63, 3.8) is 0 Å². The van der Waals surface area contributed by atoms with Crippen molar-refractivity contribution >= 4 is 5.91 Å². The van der Waals surface area contributed by atoms with Crippen LogP contribution in [0.2, 0.25) is 0 Å². The summed E-state index contributed by atoms with van der Waals surface area (Å²) in [7, 11) is 3.06. The van der Waals surface area contributed by atoms with E-state index in [-0.39, 0.29) is 5.69 Å². The lowest BCUT2D eigenvalue weighted by Crippen LogP contribution is -2.29. The molecule has 2 aromatic heterocycles. The molecule has 0 aliphatic rings. The predicted octanol–water partition coefficient (Wildman–Crippen LogP) is 4.28. The van der Waals surface area contributed by atoms with E-state index in [1.807, 2.05) is 50.2 Å². The predicted molar refractivity (Wildman–Crippen MR) is 108 cm³/mol. The van der Waals surface area contributed by atoms with Crippen LogP contribution in [-0.4, -0.2) is 25.5 Å². The molecule has 2 heterocycles. The topological polar surface area (TPSA) is 64.7 Å². The zero-order valence-electron chi connectivity index (χ0n) is 17.7. The molecule has 0 radical (unpaired) electrons. The maximum absolute atomic E-state index is 12.8. The Hall–Kier alpha value is -3.10. The Labute approximate surface area is 173 Å². The minimum absolute atomic E-state index is 0.161. The number of hydrogen-bond acceptors (Lipinski definition) is 3. The third kappa shape index (κ3) is 5.49. The molecule has 6 nitrogen and oxygen atoms in total. The van der Waals surface area contributed by atoms with Crippen molar-refractivity contribution in [1.82, 2.24) is 24.9 Å². The average molecular weight is 421 g/mol. The molecule has 9 heteroatoms. The SMILES string of the molecule is CC.CC(NC(=O)c1cc(C(F)(F)F)nn1C)c1cc(Cc2ccccc2)nn1C. The van der Waals surface area contributed by atoms with Gasteiger partial charge < -0.3 is 5.32 Å². The molecule has 1 aromatic carbocycles. The van der Waals surface area contributed by atoms with Crippen molar-refractivity contribution in [2.24, 2.45) is 14.1 Å². The summed E-state index contributed by atoms with van der Waals surface area (Å²) < 4.78 is 40.9. The van der Waals surface area contributed by atoms with Crippen LogP contribution in [0.4, 0.5) is 13.2 Å². The molecule has 1 unspecified atom stereocenters. The van der Waals surface area contributed by atoms with Crippen molar-refractivity contribution in [3.8, 4) is 0 Å². The summed E-state index contributed by atoms with van der Waals surface area (Å²) in [6, 6.07) is 12.0. The van der Waals surface area contributed by atoms with Crippen LogP contribution < -0.4 is 5.32 Å². The molecular weight excluding hydrogens is 395 g/mol. The van der Waals surface area contributed by atoms with E-state index in [0.29, 0.717) is 6.42 Å². The minimum Gasteiger partial charge on any atom is -0.343 e. The standard InChI is InChI=1S/C19H20F3N5O.C2H6/c1-12(23-18(28)16-11-17(19(20,21)22)25-27(16)3)15-10-14(24-26(15)2)9-13-7-5-4-6-8-13;1-2/h4-8,10-12H,9H2,1-3H3,(H,23,28);1-2H3. The molecule has 0 aliphatic carbocycles. The number of nitrogens with zero attached hydrogens (tertiary/aromatic N) is 4. The lowest BCUT2D eigenvalue weighted by Gasteiger charge is -2.14. The highest BCUT2D eigenvalue weighted by molar-refractivity contribution is 5.92. The molecule has 0 fully saturated rings. The molecule has 1 amide bonds. The van der Waals surface area contributed by atoms with Crippen LogP contribution >= 0.6 is 0 Å². The Morgan fingerprint density at radius 2 is 1.70 bits per heavy atom. The van der Waals surface area contributed by atoms with Crippen molar-refractivity contribution in [3.05, 3.63) is 70.8 Å². The van der Waals surface area contributed by atoms with Crippen LogP contribution in [0.25, 0.3) is 0 Å². The fourth-order valence-electron chi connectivity index (χ4n) is 3.00. The largest absolute Gasteiger partial charge is 0.435 e. The van der Waals surface area contributed by atoms with Gasteiger partial charge in [0.25, 0.3) is 5.91 Å². The maximum Gasteiger partial charge on any atom is 0.435 e. The molecule has 0 saturated heterocycles. The molecular formula is C21H26F3N5O. The molecule has 0 spiro atoms. The van der Waals surface area contributed by atoms with Gasteiger partial charge in [-0.25, -0.2) is 0 Å². The first-order valence-corrected chi connectivity index (χ1v) is 9.64. The van der Waals surface area contributed by atoms with E-state index in [2.05, 4.69) is 15.5 Å². The van der Waals surface area contributed by atoms with Crippen molar-refractivity contribution in [1.29, 1.82) is 0 Å². The number of carbonyl (C=O) groups excluding carboxylic acids is 1. The van der Waals surface area contributed by atoms with Crippen LogP contribution in [0, 0.1) is 0 Å². The Morgan fingerprint density at radius 3 is 2.27 bits per heavy atom. The number of halogens is 3. The second-order valence-electron chi connectivity index (χ2n) is 6.58. The Morgan fingerprint density at radius 1 is 1.07 bits per heavy atom. The number of rotatable bonds is 5. The lowest BCUT2D eigenvalue weighted by molar-refractivity contribution is -0.141. The molecule has 0 saturated carbocycles. The van der Waals surface area contributed by atoms with Gasteiger partial charge in [0.2, 0.25) is 0 Å². The summed E-state index contributed by atoms with van der Waals surface area (Å²) in [6.45, 7) is 5.75. The van der Waals surface area contributed by atoms with Crippen LogP contribution in [0.3, 0.4) is 0 Å². The molecule has 1 N–H and O–H groups in total. The van der Waals surface area contributed by atoms with Gasteiger partial charge in [0.05, 0.1) is 17.4 Å². The highest BCUT2D eigenvalue weighted by Gasteiger charge is 2.35. The fraction of sp³-hybridized carbons (Fsp3) is 0.381. The second kappa shape index (κ2) is 9.60. The fourth-order valence-corrected chi connectivity index (χ4v) is 3.00. The van der Waals surface area contributed by atoms with Gasteiger partial charge in [0.1, 0.15) is 5.69 Å². The van der Waals surface area contributed by atoms with Gasteiger partial charge in [-0.1, -0.05) is 44.2 Å². The number of amides is 1. The first-order valence-electron chi connectivity index (χ1n) is 9.64. The molecule has 162 valence electrons. The van der Waals surface area contributed by atoms with E-state index >= 15 is 0 Å². The minimum atomic E-state index is -4.60. The number of alkyl halides is 3. The van der Waals surface area contributed by atoms with Crippen LogP contribution in [0.15, 0.2) is 42.5 Å². The van der Waals surface area contributed by atoms with E-state index in [0.717, 1.165) is 27.7 Å². The third-order valence-electron chi connectivity index (χ3n) is 4.39. The van der Waals surface area contributed by atoms with Gasteiger partial charge in [-0.15, -0.1) is 0 Å². The van der Waals surface area contributed by atoms with Crippen LogP contribution in [-0.2, 0) is 26.7 Å². The summed E-state index contributed by atoms with van der Waals surface area (Å²) in [5.41, 5.74) is 1.44. The molecule has 0 aliphatic heterocycles. The first kappa shape index (κ1) is 23.2. The summed E-state index contributed by atoms with van der Waals surface area (Å²) in [6.07, 6.45) is -3.96. The van der Waals surface area contributed by atoms with Gasteiger partial charge in [-0.3, -0.25) is 14.2 Å². The maximum atomic E-state index is 12.8. The smallest absolute Gasteiger partial charge is 0.343 e. The van der Waals surface area contributed by atoms with Gasteiger partial charge in [0, 0.05) is 26.6 Å². The second-order valence-corrected chi connectivity index (χ2v) is 6.58. The van der Waals surface area contributed by atoms with Gasteiger partial charge in [-0.05, 0) is 18.6 Å². The monoisotopic (exact) mass is 421 g/mol. The van der Waals surface area contributed by atoms with E-state index in [4.69, 9.17) is 0 Å². The van der Waals surface area contributed by atoms with Gasteiger partial charge in [0.15, 0.2) is 5.69 Å². The van der Waals surface area contributed by atoms with Crippen molar-refractivity contribution < 1.29 is 18.0 Å². The van der Waals surface area contributed by atoms with Crippen molar-refractivity contribution in [2.45, 2.75) is 39.4 Å². The number of hydrogen-bond donors (Lipinski definition) is 1. The Balaban J connectivity index is 0.00000155. The van der Waals surface area contributed by atoms with Crippen molar-refractivity contribution in [2.75, 3.05) is 0 Å². The number of aryl methyl sites for hydroxylation is 2. The molecule has 1 atom stereocenters. The lowest BCUT2D eigenvalue weighted by atomic mass is 10.1. The van der Waals surface area contributed by atoms with E-state index in [1.165, 1.54) is 7.05 Å². The summed E-state index contributed by atoms with van der Waals surface area (Å²) >= 11 is 0.